The van der Waals surface area contributed by atoms with Crippen molar-refractivity contribution in [2.75, 3.05) is 13.2 Å². The van der Waals surface area contributed by atoms with Crippen molar-refractivity contribution >= 4 is 22.8 Å². The smallest absolute Gasteiger partial charge is 0.335 e. The van der Waals surface area contributed by atoms with Crippen molar-refractivity contribution < 1.29 is 19.4 Å². The second-order valence-electron chi connectivity index (χ2n) is 12.2. The number of hydrogen-bond donors (Lipinski definition) is 3. The van der Waals surface area contributed by atoms with Gasteiger partial charge in [0.15, 0.2) is 0 Å². The number of nitrogens with zero attached hydrogens (tertiary/aromatic N) is 1. The van der Waals surface area contributed by atoms with Crippen LogP contribution in [-0.2, 0) is 11.3 Å². The van der Waals surface area contributed by atoms with E-state index in [4.69, 9.17) is 4.74 Å². The Morgan fingerprint density at radius 2 is 1.90 bits per heavy atom. The minimum Gasteiger partial charge on any atom is -0.491 e. The highest BCUT2D eigenvalue weighted by Crippen LogP contribution is 2.47. The molecule has 1 aromatic heterocycles. The summed E-state index contributed by atoms with van der Waals surface area (Å²) in [6, 6.07) is 14.4. The van der Waals surface area contributed by atoms with Gasteiger partial charge in [0.25, 0.3) is 5.91 Å². The number of carbonyl (C=O) groups excluding carboxylic acids is 1. The van der Waals surface area contributed by atoms with Crippen LogP contribution in [0.4, 0.5) is 0 Å². The predicted molar refractivity (Wildman–Crippen MR) is 168 cm³/mol. The Hall–Kier alpha value is -3.84. The average molecular weight is 570 g/mol. The van der Waals surface area contributed by atoms with Crippen molar-refractivity contribution in [3.63, 3.8) is 0 Å². The number of carboxylic acid groups (broad SMARTS) is 1. The Morgan fingerprint density at radius 3 is 2.64 bits per heavy atom. The number of benzene rings is 2. The zero-order valence-corrected chi connectivity index (χ0v) is 25.2. The summed E-state index contributed by atoms with van der Waals surface area (Å²) in [6.45, 7) is 9.47. The standard InChI is InChI=1S/C35H43N3O4/c1-5-24(34(40)41)16-15-23(2)36-22-35(3,4)37-33(39)26-17-18-27-29(21-26)38-19-20-42-30-14-10-9-13-28(30)32(38)31(27)25-11-7-6-8-12-25/h5,9-10,13-18,21,23,25,36H,6-8,11-12,19-20,22H2,1-4H3,(H,37,39)(H,40,41)/b16-15-,24-5+. The molecule has 7 nitrogen and oxygen atoms in total. The molecule has 3 N–H and O–H groups in total. The van der Waals surface area contributed by atoms with Crippen LogP contribution in [0.2, 0.25) is 0 Å². The van der Waals surface area contributed by atoms with Gasteiger partial charge >= 0.3 is 5.97 Å². The van der Waals surface area contributed by atoms with Gasteiger partial charge in [0.05, 0.1) is 17.8 Å². The van der Waals surface area contributed by atoms with Crippen molar-refractivity contribution in [2.45, 2.75) is 83.8 Å². The van der Waals surface area contributed by atoms with E-state index in [0.717, 1.165) is 23.4 Å². The molecule has 2 aliphatic rings. The fraction of sp³-hybridized carbons (Fsp3) is 0.429. The topological polar surface area (TPSA) is 92.6 Å². The van der Waals surface area contributed by atoms with Crippen LogP contribution < -0.4 is 15.4 Å². The lowest BCUT2D eigenvalue weighted by Gasteiger charge is -2.28. The lowest BCUT2D eigenvalue weighted by atomic mass is 9.81. The number of allylic oxidation sites excluding steroid dienone is 1. The summed E-state index contributed by atoms with van der Waals surface area (Å²) in [5.41, 5.74) is 5.24. The Balaban J connectivity index is 1.40. The number of rotatable bonds is 9. The molecule has 42 heavy (non-hydrogen) atoms. The van der Waals surface area contributed by atoms with Gasteiger partial charge in [-0.3, -0.25) is 4.79 Å². The third kappa shape index (κ3) is 6.31. The molecular weight excluding hydrogens is 526 g/mol. The van der Waals surface area contributed by atoms with Crippen LogP contribution in [0.25, 0.3) is 22.2 Å². The van der Waals surface area contributed by atoms with Crippen LogP contribution >= 0.6 is 0 Å². The molecule has 0 bridgehead atoms. The highest BCUT2D eigenvalue weighted by Gasteiger charge is 2.30. The summed E-state index contributed by atoms with van der Waals surface area (Å²) in [5, 5.41) is 17.0. The molecular formula is C35H43N3O4. The normalized spacial score (nSPS) is 16.9. The van der Waals surface area contributed by atoms with Gasteiger partial charge in [0, 0.05) is 40.2 Å². The van der Waals surface area contributed by atoms with Gasteiger partial charge in [0.1, 0.15) is 12.4 Å². The molecule has 5 rings (SSSR count). The van der Waals surface area contributed by atoms with Crippen LogP contribution in [0, 0.1) is 0 Å². The molecule has 2 aromatic carbocycles. The lowest BCUT2D eigenvalue weighted by molar-refractivity contribution is -0.132. The van der Waals surface area contributed by atoms with Crippen LogP contribution in [0.15, 0.2) is 66.3 Å². The van der Waals surface area contributed by atoms with Gasteiger partial charge in [-0.05, 0) is 76.3 Å². The van der Waals surface area contributed by atoms with Crippen molar-refractivity contribution in [3.8, 4) is 17.0 Å². The van der Waals surface area contributed by atoms with E-state index in [9.17, 15) is 14.7 Å². The summed E-state index contributed by atoms with van der Waals surface area (Å²) < 4.78 is 8.55. The number of hydrogen-bond acceptors (Lipinski definition) is 4. The maximum absolute atomic E-state index is 13.6. The van der Waals surface area contributed by atoms with Crippen molar-refractivity contribution in [1.82, 2.24) is 15.2 Å². The van der Waals surface area contributed by atoms with Gasteiger partial charge in [-0.1, -0.05) is 55.7 Å². The summed E-state index contributed by atoms with van der Waals surface area (Å²) in [4.78, 5) is 24.8. The van der Waals surface area contributed by atoms with Gasteiger partial charge in [-0.25, -0.2) is 4.79 Å². The Bertz CT molecular complexity index is 1520. The van der Waals surface area contributed by atoms with Gasteiger partial charge < -0.3 is 25.0 Å². The van der Waals surface area contributed by atoms with E-state index in [1.165, 1.54) is 48.7 Å². The maximum Gasteiger partial charge on any atom is 0.335 e. The number of carboxylic acids is 1. The van der Waals surface area contributed by atoms with E-state index < -0.39 is 11.5 Å². The summed E-state index contributed by atoms with van der Waals surface area (Å²) in [7, 11) is 0. The average Bonchev–Trinajstić information content (AvgIpc) is 3.17. The third-order valence-electron chi connectivity index (χ3n) is 8.53. The number of aromatic nitrogens is 1. The molecule has 2 heterocycles. The predicted octanol–water partition coefficient (Wildman–Crippen LogP) is 6.82. The van der Waals surface area contributed by atoms with Crippen LogP contribution in [0.5, 0.6) is 5.75 Å². The number of fused-ring (bicyclic) bond motifs is 5. The maximum atomic E-state index is 13.6. The highest BCUT2D eigenvalue weighted by atomic mass is 16.5. The Kier molecular flexibility index (Phi) is 8.88. The van der Waals surface area contributed by atoms with E-state index in [1.54, 1.807) is 19.1 Å². The number of nitrogens with one attached hydrogen (secondary N) is 2. The first-order chi connectivity index (χ1) is 20.2. The quantitative estimate of drug-likeness (QED) is 0.194. The molecule has 1 saturated carbocycles. The molecule has 1 unspecified atom stereocenters. The van der Waals surface area contributed by atoms with Crippen LogP contribution in [0.3, 0.4) is 0 Å². The Morgan fingerprint density at radius 1 is 1.14 bits per heavy atom. The number of carbonyl (C=O) groups is 2. The molecule has 1 fully saturated rings. The fourth-order valence-corrected chi connectivity index (χ4v) is 6.33. The monoisotopic (exact) mass is 569 g/mol. The summed E-state index contributed by atoms with van der Waals surface area (Å²) >= 11 is 0. The lowest BCUT2D eigenvalue weighted by Crippen LogP contribution is -2.51. The molecule has 1 amide bonds. The minimum atomic E-state index is -0.951. The molecule has 0 saturated heterocycles. The molecule has 1 atom stereocenters. The van der Waals surface area contributed by atoms with Crippen molar-refractivity contribution in [2.24, 2.45) is 0 Å². The highest BCUT2D eigenvalue weighted by molar-refractivity contribution is 6.01. The number of amides is 1. The second kappa shape index (κ2) is 12.6. The van der Waals surface area contributed by atoms with E-state index in [-0.39, 0.29) is 17.5 Å². The minimum absolute atomic E-state index is 0.0636. The molecule has 222 valence electrons. The second-order valence-corrected chi connectivity index (χ2v) is 12.2. The van der Waals surface area contributed by atoms with Crippen LogP contribution in [-0.4, -0.2) is 46.3 Å². The molecule has 1 aliphatic heterocycles. The van der Waals surface area contributed by atoms with Crippen molar-refractivity contribution in [3.05, 3.63) is 77.4 Å². The first-order valence-corrected chi connectivity index (χ1v) is 15.2. The molecule has 0 radical (unpaired) electrons. The molecule has 3 aromatic rings. The van der Waals surface area contributed by atoms with Crippen LogP contribution in [0.1, 0.15) is 81.6 Å². The molecule has 7 heteroatoms. The van der Waals surface area contributed by atoms with Gasteiger partial charge in [0.2, 0.25) is 0 Å². The summed E-state index contributed by atoms with van der Waals surface area (Å²) in [6.07, 6.45) is 11.2. The zero-order valence-electron chi connectivity index (χ0n) is 25.2. The van der Waals surface area contributed by atoms with E-state index >= 15 is 0 Å². The van der Waals surface area contributed by atoms with E-state index in [1.807, 2.05) is 45.0 Å². The van der Waals surface area contributed by atoms with Crippen molar-refractivity contribution in [1.29, 1.82) is 0 Å². The Labute approximate surface area is 248 Å². The first kappa shape index (κ1) is 29.6. The summed E-state index contributed by atoms with van der Waals surface area (Å²) in [5.74, 6) is 0.364. The van der Waals surface area contributed by atoms with E-state index in [0.29, 0.717) is 24.6 Å². The fourth-order valence-electron chi connectivity index (χ4n) is 6.33. The third-order valence-corrected chi connectivity index (χ3v) is 8.53. The number of ether oxygens (including phenoxy) is 1. The number of para-hydroxylation sites is 1. The first-order valence-electron chi connectivity index (χ1n) is 15.2. The SMILES string of the molecule is C/C=C(\C=C/C(C)NCC(C)(C)NC(=O)c1ccc2c(C3CCCCC3)c3n(c2c1)CCOc1ccccc1-3)C(=O)O. The number of aliphatic carboxylic acids is 1. The molecule has 1 aliphatic carbocycles. The van der Waals surface area contributed by atoms with Gasteiger partial charge in [-0.2, -0.15) is 0 Å². The largest absolute Gasteiger partial charge is 0.491 e. The zero-order chi connectivity index (χ0) is 29.9. The molecule has 0 spiro atoms. The van der Waals surface area contributed by atoms with E-state index in [2.05, 4.69) is 39.5 Å². The van der Waals surface area contributed by atoms with Gasteiger partial charge in [-0.15, -0.1) is 0 Å².